The van der Waals surface area contributed by atoms with Crippen molar-refractivity contribution in [3.05, 3.63) is 75.0 Å². The number of rotatable bonds is 10. The standard InChI is InChI=1S/C28H33N7O6S/c1-4-40-27(37)25-18(2)30-28(42)31-26(25)21-7-5-6-8-23(21)41-17-24(36)32-29-16-19-15-20(9-10-22(19)35(38)39)34-13-11-33(3)12-14-34/h5-10,15-16,26H,4,11-14,17H2,1-3H3,(H,32,36)(H2,30,31,42)/t26-/m1/s1. The minimum Gasteiger partial charge on any atom is -0.483 e. The molecule has 1 saturated heterocycles. The van der Waals surface area contributed by atoms with Crippen molar-refractivity contribution in [3.8, 4) is 5.75 Å². The SMILES string of the molecule is CCOC(=O)C1=C(C)NC(=S)N[C@@H]1c1ccccc1OCC(=O)NN=Cc1cc(N2CCN(C)CC2)ccc1[N+](=O)[O-]. The zero-order valence-electron chi connectivity index (χ0n) is 23.6. The lowest BCUT2D eigenvalue weighted by Crippen LogP contribution is -2.45. The molecule has 0 aliphatic carbocycles. The van der Waals surface area contributed by atoms with Gasteiger partial charge in [-0.3, -0.25) is 14.9 Å². The van der Waals surface area contributed by atoms with Crippen LogP contribution in [0.25, 0.3) is 0 Å². The summed E-state index contributed by atoms with van der Waals surface area (Å²) in [6.07, 6.45) is 1.25. The Morgan fingerprint density at radius 2 is 1.95 bits per heavy atom. The summed E-state index contributed by atoms with van der Waals surface area (Å²) < 4.78 is 11.0. The molecule has 0 unspecified atom stereocenters. The van der Waals surface area contributed by atoms with E-state index in [1.807, 2.05) is 0 Å². The summed E-state index contributed by atoms with van der Waals surface area (Å²) in [6.45, 7) is 6.63. The number of nitro benzene ring substituents is 1. The molecule has 14 heteroatoms. The van der Waals surface area contributed by atoms with Crippen molar-refractivity contribution in [3.63, 3.8) is 0 Å². The van der Waals surface area contributed by atoms with Crippen LogP contribution in [0.1, 0.15) is 31.0 Å². The first-order chi connectivity index (χ1) is 20.2. The molecule has 1 fully saturated rings. The van der Waals surface area contributed by atoms with Crippen molar-refractivity contribution in [2.24, 2.45) is 5.10 Å². The zero-order chi connectivity index (χ0) is 30.2. The van der Waals surface area contributed by atoms with Gasteiger partial charge in [0.05, 0.1) is 34.9 Å². The summed E-state index contributed by atoms with van der Waals surface area (Å²) in [7, 11) is 2.05. The number of benzene rings is 2. The third kappa shape index (κ3) is 7.39. The van der Waals surface area contributed by atoms with Gasteiger partial charge in [-0.2, -0.15) is 5.10 Å². The van der Waals surface area contributed by atoms with E-state index in [4.69, 9.17) is 21.7 Å². The fourth-order valence-corrected chi connectivity index (χ4v) is 4.95. The molecular weight excluding hydrogens is 562 g/mol. The van der Waals surface area contributed by atoms with Crippen LogP contribution in [0, 0.1) is 10.1 Å². The number of nitrogens with one attached hydrogen (secondary N) is 3. The van der Waals surface area contributed by atoms with Crippen molar-refractivity contribution >= 4 is 46.8 Å². The number of piperazine rings is 1. The van der Waals surface area contributed by atoms with Crippen LogP contribution in [0.15, 0.2) is 58.8 Å². The number of para-hydroxylation sites is 1. The summed E-state index contributed by atoms with van der Waals surface area (Å²) in [5.74, 6) is -0.732. The molecule has 1 atom stereocenters. The zero-order valence-corrected chi connectivity index (χ0v) is 24.4. The second kappa shape index (κ2) is 13.9. The summed E-state index contributed by atoms with van der Waals surface area (Å²) in [4.78, 5) is 40.8. The smallest absolute Gasteiger partial charge is 0.338 e. The number of allylic oxidation sites excluding steroid dienone is 1. The van der Waals surface area contributed by atoms with Crippen LogP contribution in [0.5, 0.6) is 5.75 Å². The van der Waals surface area contributed by atoms with E-state index in [2.05, 4.69) is 38.0 Å². The molecule has 4 rings (SSSR count). The Balaban J connectivity index is 1.44. The minimum absolute atomic E-state index is 0.121. The molecule has 0 bridgehead atoms. The fourth-order valence-electron chi connectivity index (χ4n) is 4.68. The second-order valence-corrected chi connectivity index (χ2v) is 10.1. The Bertz CT molecular complexity index is 1420. The van der Waals surface area contributed by atoms with Crippen molar-refractivity contribution in [2.45, 2.75) is 19.9 Å². The van der Waals surface area contributed by atoms with Crippen molar-refractivity contribution < 1.29 is 24.0 Å². The summed E-state index contributed by atoms with van der Waals surface area (Å²) in [5, 5.41) is 21.9. The number of hydrogen-bond donors (Lipinski definition) is 3. The Labute approximate surface area is 248 Å². The lowest BCUT2D eigenvalue weighted by Gasteiger charge is -2.34. The van der Waals surface area contributed by atoms with Gasteiger partial charge < -0.3 is 29.9 Å². The van der Waals surface area contributed by atoms with Gasteiger partial charge in [-0.05, 0) is 51.3 Å². The molecule has 42 heavy (non-hydrogen) atoms. The van der Waals surface area contributed by atoms with Gasteiger partial charge in [-0.25, -0.2) is 10.2 Å². The molecule has 2 aromatic rings. The number of carbonyl (C=O) groups is 2. The minimum atomic E-state index is -0.664. The first-order valence-corrected chi connectivity index (χ1v) is 13.8. The van der Waals surface area contributed by atoms with Gasteiger partial charge in [0.25, 0.3) is 11.6 Å². The number of anilines is 1. The fraction of sp³-hybridized carbons (Fsp3) is 0.357. The molecule has 13 nitrogen and oxygen atoms in total. The van der Waals surface area contributed by atoms with E-state index in [1.165, 1.54) is 12.3 Å². The molecule has 3 N–H and O–H groups in total. The topological polar surface area (TPSA) is 151 Å². The predicted octanol–water partition coefficient (Wildman–Crippen LogP) is 2.23. The normalized spacial score (nSPS) is 17.5. The number of thiocarbonyl (C=S) groups is 1. The quantitative estimate of drug-likeness (QED) is 0.122. The van der Waals surface area contributed by atoms with Crippen LogP contribution >= 0.6 is 12.2 Å². The first-order valence-electron chi connectivity index (χ1n) is 13.4. The molecule has 0 aromatic heterocycles. The van der Waals surface area contributed by atoms with Crippen LogP contribution in [0.4, 0.5) is 11.4 Å². The Morgan fingerprint density at radius 3 is 2.67 bits per heavy atom. The maximum atomic E-state index is 12.7. The van der Waals surface area contributed by atoms with Gasteiger partial charge in [-0.15, -0.1) is 0 Å². The lowest BCUT2D eigenvalue weighted by molar-refractivity contribution is -0.385. The second-order valence-electron chi connectivity index (χ2n) is 9.70. The van der Waals surface area contributed by atoms with Gasteiger partial charge in [0.2, 0.25) is 0 Å². The van der Waals surface area contributed by atoms with Gasteiger partial charge in [0.15, 0.2) is 11.7 Å². The lowest BCUT2D eigenvalue weighted by atomic mass is 9.95. The monoisotopic (exact) mass is 595 g/mol. The highest BCUT2D eigenvalue weighted by Gasteiger charge is 2.32. The highest BCUT2D eigenvalue weighted by Crippen LogP contribution is 2.33. The van der Waals surface area contributed by atoms with E-state index >= 15 is 0 Å². The molecule has 2 aliphatic rings. The Morgan fingerprint density at radius 1 is 1.21 bits per heavy atom. The number of hydrogen-bond acceptors (Lipinski definition) is 10. The average Bonchev–Trinajstić information content (AvgIpc) is 2.96. The van der Waals surface area contributed by atoms with Crippen molar-refractivity contribution in [1.82, 2.24) is 21.0 Å². The summed E-state index contributed by atoms with van der Waals surface area (Å²) in [6, 6.07) is 11.1. The number of carbonyl (C=O) groups excluding carboxylic acids is 2. The summed E-state index contributed by atoms with van der Waals surface area (Å²) in [5.41, 5.74) is 4.83. The number of nitrogens with zero attached hydrogens (tertiary/aromatic N) is 4. The number of hydrazone groups is 1. The molecule has 222 valence electrons. The first kappa shape index (κ1) is 30.4. The highest BCUT2D eigenvalue weighted by molar-refractivity contribution is 7.80. The summed E-state index contributed by atoms with van der Waals surface area (Å²) >= 11 is 5.30. The third-order valence-corrected chi connectivity index (χ3v) is 7.04. The number of likely N-dealkylation sites (N-methyl/N-ethyl adjacent to an activating group) is 1. The van der Waals surface area contributed by atoms with Crippen LogP contribution in [0.3, 0.4) is 0 Å². The Hall–Kier alpha value is -4.56. The van der Waals surface area contributed by atoms with Gasteiger partial charge in [0.1, 0.15) is 5.75 Å². The van der Waals surface area contributed by atoms with Crippen molar-refractivity contribution in [1.29, 1.82) is 0 Å². The maximum absolute atomic E-state index is 12.7. The maximum Gasteiger partial charge on any atom is 0.338 e. The van der Waals surface area contributed by atoms with E-state index in [1.54, 1.807) is 50.2 Å². The van der Waals surface area contributed by atoms with Crippen LogP contribution in [-0.4, -0.2) is 79.5 Å². The Kier molecular flexibility index (Phi) is 10.0. The molecule has 0 spiro atoms. The van der Waals surface area contributed by atoms with Crippen LogP contribution in [-0.2, 0) is 14.3 Å². The molecule has 2 heterocycles. The largest absolute Gasteiger partial charge is 0.483 e. The molecule has 0 radical (unpaired) electrons. The van der Waals surface area contributed by atoms with Crippen LogP contribution in [0.2, 0.25) is 0 Å². The number of nitro groups is 1. The molecular formula is C28H33N7O6S. The van der Waals surface area contributed by atoms with Gasteiger partial charge >= 0.3 is 5.97 Å². The highest BCUT2D eigenvalue weighted by atomic mass is 32.1. The van der Waals surface area contributed by atoms with E-state index in [0.29, 0.717) is 27.7 Å². The average molecular weight is 596 g/mol. The molecule has 2 aliphatic heterocycles. The number of ether oxygens (including phenoxy) is 2. The third-order valence-electron chi connectivity index (χ3n) is 6.82. The van der Waals surface area contributed by atoms with E-state index in [9.17, 15) is 19.7 Å². The van der Waals surface area contributed by atoms with Gasteiger partial charge in [0, 0.05) is 49.2 Å². The van der Waals surface area contributed by atoms with Crippen molar-refractivity contribution in [2.75, 3.05) is 51.3 Å². The predicted molar refractivity (Wildman–Crippen MR) is 161 cm³/mol. The number of esters is 1. The van der Waals surface area contributed by atoms with E-state index in [0.717, 1.165) is 31.9 Å². The molecule has 2 aromatic carbocycles. The van der Waals surface area contributed by atoms with E-state index < -0.39 is 29.4 Å². The number of amides is 1. The van der Waals surface area contributed by atoms with E-state index in [-0.39, 0.29) is 17.9 Å². The molecule has 1 amide bonds. The van der Waals surface area contributed by atoms with Gasteiger partial charge in [-0.1, -0.05) is 18.2 Å². The molecule has 0 saturated carbocycles. The van der Waals surface area contributed by atoms with Crippen LogP contribution < -0.4 is 25.7 Å².